The zero-order chi connectivity index (χ0) is 27.6. The van der Waals surface area contributed by atoms with Gasteiger partial charge in [-0.3, -0.25) is 4.98 Å². The SMILES string of the molecule is c1ccc(-n2ccc3c4cc5c6ccccc6n(-c6ccc(-c7cncc8ccccc78)cc6)c5cc4ccc32)cc1. The first-order valence-electron chi connectivity index (χ1n) is 14.3. The standard InChI is InChI=1S/C39H25N3/c1-2-9-29(10-3-1)41-21-20-33-34-23-35-32-12-6-7-13-38(32)42(39(35)22-27(34)16-19-37(33)41)30-17-14-26(15-18-30)36-25-40-24-28-8-4-5-11-31(28)36/h1-25H. The van der Waals surface area contributed by atoms with Crippen LogP contribution < -0.4 is 0 Å². The zero-order valence-corrected chi connectivity index (χ0v) is 22.8. The number of hydrogen-bond donors (Lipinski definition) is 0. The number of para-hydroxylation sites is 2. The van der Waals surface area contributed by atoms with Gasteiger partial charge in [0.2, 0.25) is 0 Å². The lowest BCUT2D eigenvalue weighted by molar-refractivity contribution is 1.13. The minimum absolute atomic E-state index is 1.15. The van der Waals surface area contributed by atoms with Crippen LogP contribution in [0.3, 0.4) is 0 Å². The van der Waals surface area contributed by atoms with Crippen molar-refractivity contribution in [3.8, 4) is 22.5 Å². The normalized spacial score (nSPS) is 11.8. The fourth-order valence-electron chi connectivity index (χ4n) is 6.64. The molecule has 9 aromatic rings. The van der Waals surface area contributed by atoms with E-state index in [0.29, 0.717) is 0 Å². The number of benzene rings is 6. The first-order chi connectivity index (χ1) is 20.8. The van der Waals surface area contributed by atoms with E-state index in [1.165, 1.54) is 60.1 Å². The van der Waals surface area contributed by atoms with Crippen LogP contribution in [0.15, 0.2) is 152 Å². The fraction of sp³-hybridized carbons (Fsp3) is 0. The Labute approximate surface area is 242 Å². The van der Waals surface area contributed by atoms with Crippen molar-refractivity contribution in [1.82, 2.24) is 14.1 Å². The van der Waals surface area contributed by atoms with Crippen LogP contribution in [0.2, 0.25) is 0 Å². The number of aromatic nitrogens is 3. The zero-order valence-electron chi connectivity index (χ0n) is 22.8. The molecule has 9 rings (SSSR count). The Kier molecular flexibility index (Phi) is 4.90. The lowest BCUT2D eigenvalue weighted by atomic mass is 10.0. The van der Waals surface area contributed by atoms with Crippen molar-refractivity contribution >= 4 is 54.3 Å². The van der Waals surface area contributed by atoms with Crippen LogP contribution in [0.1, 0.15) is 0 Å². The van der Waals surface area contributed by atoms with Crippen molar-refractivity contribution in [1.29, 1.82) is 0 Å². The Morgan fingerprint density at radius 3 is 2.07 bits per heavy atom. The van der Waals surface area contributed by atoms with E-state index in [4.69, 9.17) is 0 Å². The van der Waals surface area contributed by atoms with Gasteiger partial charge in [0.15, 0.2) is 0 Å². The Morgan fingerprint density at radius 1 is 0.429 bits per heavy atom. The molecule has 3 heterocycles. The fourth-order valence-corrected chi connectivity index (χ4v) is 6.64. The lowest BCUT2D eigenvalue weighted by Crippen LogP contribution is -1.94. The second-order valence-electron chi connectivity index (χ2n) is 10.9. The van der Waals surface area contributed by atoms with E-state index in [9.17, 15) is 0 Å². The Hall–Kier alpha value is -5.67. The quantitative estimate of drug-likeness (QED) is 0.221. The molecule has 0 saturated carbocycles. The summed E-state index contributed by atoms with van der Waals surface area (Å²) in [5.41, 5.74) is 8.28. The summed E-state index contributed by atoms with van der Waals surface area (Å²) < 4.78 is 4.67. The number of pyridine rings is 1. The summed E-state index contributed by atoms with van der Waals surface area (Å²) in [5, 5.41) is 8.68. The largest absolute Gasteiger partial charge is 0.317 e. The van der Waals surface area contributed by atoms with Crippen molar-refractivity contribution in [2.75, 3.05) is 0 Å². The Morgan fingerprint density at radius 2 is 1.19 bits per heavy atom. The molecule has 0 N–H and O–H groups in total. The predicted octanol–water partition coefficient (Wildman–Crippen LogP) is 10.1. The van der Waals surface area contributed by atoms with Crippen LogP contribution in [0.4, 0.5) is 0 Å². The molecular weight excluding hydrogens is 510 g/mol. The second-order valence-corrected chi connectivity index (χ2v) is 10.9. The molecule has 0 aliphatic rings. The summed E-state index contributed by atoms with van der Waals surface area (Å²) >= 11 is 0. The molecule has 0 amide bonds. The van der Waals surface area contributed by atoms with Gasteiger partial charge < -0.3 is 9.13 Å². The molecule has 0 unspecified atom stereocenters. The van der Waals surface area contributed by atoms with Crippen LogP contribution in [0, 0.1) is 0 Å². The molecule has 3 heteroatoms. The molecule has 3 nitrogen and oxygen atoms in total. The molecule has 0 aliphatic carbocycles. The molecule has 0 saturated heterocycles. The van der Waals surface area contributed by atoms with Crippen LogP contribution in [-0.2, 0) is 0 Å². The Bertz CT molecular complexity index is 2440. The van der Waals surface area contributed by atoms with Crippen molar-refractivity contribution in [2.24, 2.45) is 0 Å². The highest BCUT2D eigenvalue weighted by atomic mass is 15.0. The molecule has 3 aromatic heterocycles. The number of fused-ring (bicyclic) bond motifs is 7. The first-order valence-corrected chi connectivity index (χ1v) is 14.3. The van der Waals surface area contributed by atoms with Gasteiger partial charge in [-0.05, 0) is 76.3 Å². The van der Waals surface area contributed by atoms with Crippen molar-refractivity contribution in [3.05, 3.63) is 152 Å². The minimum Gasteiger partial charge on any atom is -0.317 e. The topological polar surface area (TPSA) is 22.8 Å². The molecule has 0 atom stereocenters. The molecule has 196 valence electrons. The second kappa shape index (κ2) is 8.92. The average molecular weight is 536 g/mol. The monoisotopic (exact) mass is 535 g/mol. The molecular formula is C39H25N3. The van der Waals surface area contributed by atoms with Gasteiger partial charge in [0, 0.05) is 57.1 Å². The number of nitrogens with zero attached hydrogens (tertiary/aromatic N) is 3. The van der Waals surface area contributed by atoms with Crippen LogP contribution in [0.25, 0.3) is 76.8 Å². The molecule has 6 aromatic carbocycles. The highest BCUT2D eigenvalue weighted by molar-refractivity contribution is 6.18. The van der Waals surface area contributed by atoms with Gasteiger partial charge in [-0.15, -0.1) is 0 Å². The van der Waals surface area contributed by atoms with E-state index in [-0.39, 0.29) is 0 Å². The average Bonchev–Trinajstić information content (AvgIpc) is 3.63. The number of hydrogen-bond acceptors (Lipinski definition) is 1. The van der Waals surface area contributed by atoms with Crippen molar-refractivity contribution < 1.29 is 0 Å². The summed E-state index contributed by atoms with van der Waals surface area (Å²) in [6.07, 6.45) is 6.08. The maximum atomic E-state index is 4.51. The third-order valence-corrected chi connectivity index (χ3v) is 8.62. The molecule has 0 fully saturated rings. The van der Waals surface area contributed by atoms with E-state index in [2.05, 4.69) is 154 Å². The molecule has 0 radical (unpaired) electrons. The predicted molar refractivity (Wildman–Crippen MR) is 176 cm³/mol. The van der Waals surface area contributed by atoms with Gasteiger partial charge in [-0.1, -0.05) is 78.9 Å². The first kappa shape index (κ1) is 23.1. The van der Waals surface area contributed by atoms with Crippen LogP contribution in [-0.4, -0.2) is 14.1 Å². The molecule has 42 heavy (non-hydrogen) atoms. The van der Waals surface area contributed by atoms with E-state index in [1.807, 2.05) is 12.4 Å². The van der Waals surface area contributed by atoms with E-state index >= 15 is 0 Å². The van der Waals surface area contributed by atoms with E-state index < -0.39 is 0 Å². The van der Waals surface area contributed by atoms with Crippen molar-refractivity contribution in [3.63, 3.8) is 0 Å². The summed E-state index contributed by atoms with van der Waals surface area (Å²) in [7, 11) is 0. The summed E-state index contributed by atoms with van der Waals surface area (Å²) in [6.45, 7) is 0. The van der Waals surface area contributed by atoms with Gasteiger partial charge in [0.1, 0.15) is 0 Å². The Balaban J connectivity index is 1.24. The third-order valence-electron chi connectivity index (χ3n) is 8.62. The smallest absolute Gasteiger partial charge is 0.0547 e. The summed E-state index contributed by atoms with van der Waals surface area (Å²) in [5.74, 6) is 0. The summed E-state index contributed by atoms with van der Waals surface area (Å²) in [6, 6.07) is 48.1. The maximum absolute atomic E-state index is 4.51. The molecule has 0 aliphatic heterocycles. The molecule has 0 spiro atoms. The minimum atomic E-state index is 1.15. The van der Waals surface area contributed by atoms with Crippen molar-refractivity contribution in [2.45, 2.75) is 0 Å². The van der Waals surface area contributed by atoms with Gasteiger partial charge >= 0.3 is 0 Å². The van der Waals surface area contributed by atoms with E-state index in [0.717, 1.165) is 16.6 Å². The van der Waals surface area contributed by atoms with Crippen LogP contribution in [0.5, 0.6) is 0 Å². The van der Waals surface area contributed by atoms with Crippen LogP contribution >= 0.6 is 0 Å². The highest BCUT2D eigenvalue weighted by Gasteiger charge is 2.15. The third kappa shape index (κ3) is 3.37. The van der Waals surface area contributed by atoms with Gasteiger partial charge in [0.05, 0.1) is 16.6 Å². The molecule has 0 bridgehead atoms. The van der Waals surface area contributed by atoms with Gasteiger partial charge in [-0.2, -0.15) is 0 Å². The lowest BCUT2D eigenvalue weighted by Gasteiger charge is -2.11. The maximum Gasteiger partial charge on any atom is 0.0547 e. The highest BCUT2D eigenvalue weighted by Crippen LogP contribution is 2.38. The van der Waals surface area contributed by atoms with E-state index in [1.54, 1.807) is 0 Å². The summed E-state index contributed by atoms with van der Waals surface area (Å²) in [4.78, 5) is 4.51. The number of rotatable bonds is 3. The van der Waals surface area contributed by atoms with Gasteiger partial charge in [0.25, 0.3) is 0 Å². The van der Waals surface area contributed by atoms with Gasteiger partial charge in [-0.25, -0.2) is 0 Å².